The van der Waals surface area contributed by atoms with Crippen LogP contribution in [0.4, 0.5) is 0 Å². The number of carboxylic acids is 1. The Hall–Kier alpha value is -1.55. The summed E-state index contributed by atoms with van der Waals surface area (Å²) in [6.07, 6.45) is 17.8. The number of carbonyl (C=O) groups is 1. The van der Waals surface area contributed by atoms with Gasteiger partial charge in [-0.1, -0.05) is 50.5 Å². The van der Waals surface area contributed by atoms with Crippen molar-refractivity contribution in [1.29, 1.82) is 0 Å². The summed E-state index contributed by atoms with van der Waals surface area (Å²) in [7, 11) is 1.71. The van der Waals surface area contributed by atoms with Gasteiger partial charge in [-0.25, -0.2) is 0 Å². The molecule has 0 radical (unpaired) electrons. The van der Waals surface area contributed by atoms with Crippen LogP contribution >= 0.6 is 0 Å². The van der Waals surface area contributed by atoms with Crippen LogP contribution in [0.2, 0.25) is 0 Å². The Labute approximate surface area is 152 Å². The van der Waals surface area contributed by atoms with Gasteiger partial charge in [-0.3, -0.25) is 4.79 Å². The monoisotopic (exact) mass is 350 g/mol. The molecule has 0 heterocycles. The van der Waals surface area contributed by atoms with Gasteiger partial charge in [0.2, 0.25) is 0 Å². The number of aliphatic hydroxyl groups is 1. The molecule has 0 saturated carbocycles. The second-order valence-corrected chi connectivity index (χ2v) is 6.76. The molecule has 25 heavy (non-hydrogen) atoms. The maximum Gasteiger partial charge on any atom is 0.303 e. The minimum atomic E-state index is -0.739. The molecule has 3 atom stereocenters. The summed E-state index contributed by atoms with van der Waals surface area (Å²) in [4.78, 5) is 10.5. The van der Waals surface area contributed by atoms with E-state index in [1.54, 1.807) is 7.11 Å². The van der Waals surface area contributed by atoms with E-state index in [0.29, 0.717) is 18.3 Å². The minimum absolute atomic E-state index is 0.221. The van der Waals surface area contributed by atoms with Gasteiger partial charge in [0.05, 0.1) is 19.0 Å². The van der Waals surface area contributed by atoms with Crippen molar-refractivity contribution in [3.8, 4) is 0 Å². The number of rotatable bonds is 13. The molecule has 0 saturated heterocycles. The first-order chi connectivity index (χ1) is 12.1. The van der Waals surface area contributed by atoms with Crippen LogP contribution < -0.4 is 0 Å². The molecule has 1 aliphatic carbocycles. The molecule has 0 aromatic carbocycles. The Kier molecular flexibility index (Phi) is 11.0. The van der Waals surface area contributed by atoms with Crippen LogP contribution in [0.15, 0.2) is 36.1 Å². The molecule has 0 fully saturated rings. The lowest BCUT2D eigenvalue weighted by atomic mass is 9.90. The van der Waals surface area contributed by atoms with Gasteiger partial charge in [-0.2, -0.15) is 0 Å². The molecule has 4 nitrogen and oxygen atoms in total. The van der Waals surface area contributed by atoms with Crippen molar-refractivity contribution in [2.24, 2.45) is 11.8 Å². The van der Waals surface area contributed by atoms with E-state index in [1.807, 2.05) is 6.08 Å². The third-order valence-electron chi connectivity index (χ3n) is 4.71. The number of hydrogen-bond acceptors (Lipinski definition) is 3. The lowest BCUT2D eigenvalue weighted by molar-refractivity contribution is -0.137. The molecule has 2 N–H and O–H groups in total. The molecular formula is C21H34O4. The third kappa shape index (κ3) is 8.92. The summed E-state index contributed by atoms with van der Waals surface area (Å²) in [5.74, 6) is 0.945. The average molecular weight is 350 g/mol. The van der Waals surface area contributed by atoms with E-state index in [2.05, 4.69) is 31.2 Å². The van der Waals surface area contributed by atoms with E-state index in [0.717, 1.165) is 37.9 Å². The smallest absolute Gasteiger partial charge is 0.303 e. The zero-order chi connectivity index (χ0) is 18.5. The Morgan fingerprint density at radius 2 is 2.16 bits per heavy atom. The predicted octanol–water partition coefficient (Wildman–Crippen LogP) is 4.85. The summed E-state index contributed by atoms with van der Waals surface area (Å²) in [5, 5.41) is 18.7. The number of hydrogen-bond donors (Lipinski definition) is 2. The van der Waals surface area contributed by atoms with E-state index in [9.17, 15) is 9.90 Å². The first-order valence-electron chi connectivity index (χ1n) is 9.55. The standard InChI is InChI=1S/C21H34O4/c1-3-4-7-10-18(22)15-13-17-14-16-20(25-2)19(17)11-8-5-6-9-12-21(23)24/h5,8,13,15-19,22H,3-4,6-7,9-12,14H2,1-2H3,(H,23,24)/t17-,18?,19+/m0/s1. The summed E-state index contributed by atoms with van der Waals surface area (Å²) < 4.78 is 5.50. The van der Waals surface area contributed by atoms with Crippen LogP contribution in [-0.2, 0) is 9.53 Å². The van der Waals surface area contributed by atoms with E-state index in [1.165, 1.54) is 12.8 Å². The normalized spacial score (nSPS) is 21.8. The second-order valence-electron chi connectivity index (χ2n) is 6.76. The van der Waals surface area contributed by atoms with Gasteiger partial charge in [-0.05, 0) is 44.1 Å². The molecule has 1 rings (SSSR count). The molecule has 0 bridgehead atoms. The van der Waals surface area contributed by atoms with Crippen LogP contribution in [0.25, 0.3) is 0 Å². The molecule has 0 aliphatic heterocycles. The molecule has 0 spiro atoms. The van der Waals surface area contributed by atoms with Gasteiger partial charge in [0, 0.05) is 12.3 Å². The van der Waals surface area contributed by atoms with Crippen molar-refractivity contribution < 1.29 is 19.7 Å². The number of unbranched alkanes of at least 4 members (excludes halogenated alkanes) is 3. The number of aliphatic carboxylic acids is 1. The van der Waals surface area contributed by atoms with Crippen molar-refractivity contribution in [3.63, 3.8) is 0 Å². The van der Waals surface area contributed by atoms with E-state index in [-0.39, 0.29) is 12.5 Å². The maximum absolute atomic E-state index is 10.5. The third-order valence-corrected chi connectivity index (χ3v) is 4.71. The van der Waals surface area contributed by atoms with Crippen LogP contribution in [-0.4, -0.2) is 29.4 Å². The van der Waals surface area contributed by atoms with Gasteiger partial charge in [0.15, 0.2) is 0 Å². The van der Waals surface area contributed by atoms with Gasteiger partial charge in [-0.15, -0.1) is 0 Å². The zero-order valence-corrected chi connectivity index (χ0v) is 15.7. The zero-order valence-electron chi connectivity index (χ0n) is 15.7. The van der Waals surface area contributed by atoms with Crippen molar-refractivity contribution in [2.45, 2.75) is 70.8 Å². The van der Waals surface area contributed by atoms with Crippen LogP contribution in [0.3, 0.4) is 0 Å². The highest BCUT2D eigenvalue weighted by Gasteiger charge is 2.27. The topological polar surface area (TPSA) is 66.8 Å². The number of carboxylic acid groups (broad SMARTS) is 1. The Morgan fingerprint density at radius 3 is 2.84 bits per heavy atom. The predicted molar refractivity (Wildman–Crippen MR) is 101 cm³/mol. The average Bonchev–Trinajstić information content (AvgIpc) is 2.98. The van der Waals surface area contributed by atoms with Gasteiger partial charge >= 0.3 is 5.97 Å². The first-order valence-corrected chi connectivity index (χ1v) is 9.55. The maximum atomic E-state index is 10.5. The van der Waals surface area contributed by atoms with Crippen molar-refractivity contribution in [2.75, 3.05) is 7.11 Å². The highest BCUT2D eigenvalue weighted by Crippen LogP contribution is 2.36. The largest absolute Gasteiger partial charge is 0.501 e. The molecule has 1 aliphatic rings. The molecule has 0 amide bonds. The Balaban J connectivity index is 2.45. The fraction of sp³-hybridized carbons (Fsp3) is 0.667. The van der Waals surface area contributed by atoms with E-state index < -0.39 is 5.97 Å². The van der Waals surface area contributed by atoms with Crippen molar-refractivity contribution >= 4 is 5.97 Å². The number of aliphatic hydroxyl groups excluding tert-OH is 1. The van der Waals surface area contributed by atoms with Crippen LogP contribution in [0, 0.1) is 11.8 Å². The van der Waals surface area contributed by atoms with E-state index >= 15 is 0 Å². The van der Waals surface area contributed by atoms with Crippen LogP contribution in [0.1, 0.15) is 64.7 Å². The van der Waals surface area contributed by atoms with Gasteiger partial charge in [0.1, 0.15) is 0 Å². The van der Waals surface area contributed by atoms with Crippen molar-refractivity contribution in [3.05, 3.63) is 36.1 Å². The highest BCUT2D eigenvalue weighted by molar-refractivity contribution is 5.66. The van der Waals surface area contributed by atoms with Crippen molar-refractivity contribution in [1.82, 2.24) is 0 Å². The summed E-state index contributed by atoms with van der Waals surface area (Å²) in [6, 6.07) is 0. The summed E-state index contributed by atoms with van der Waals surface area (Å²) >= 11 is 0. The lowest BCUT2D eigenvalue weighted by Crippen LogP contribution is -2.11. The molecule has 142 valence electrons. The molecule has 0 aromatic heterocycles. The summed E-state index contributed by atoms with van der Waals surface area (Å²) in [5.41, 5.74) is 0. The second kappa shape index (κ2) is 12.8. The molecule has 0 aromatic rings. The van der Waals surface area contributed by atoms with Gasteiger partial charge < -0.3 is 14.9 Å². The first kappa shape index (κ1) is 21.5. The number of methoxy groups -OCH3 is 1. The molecular weight excluding hydrogens is 316 g/mol. The molecule has 4 heteroatoms. The van der Waals surface area contributed by atoms with Crippen LogP contribution in [0.5, 0.6) is 0 Å². The Bertz CT molecular complexity index is 465. The number of allylic oxidation sites excluding steroid dienone is 5. The quantitative estimate of drug-likeness (QED) is 0.368. The lowest BCUT2D eigenvalue weighted by Gasteiger charge is -2.18. The molecule has 1 unspecified atom stereocenters. The number of ether oxygens (including phenoxy) is 1. The highest BCUT2D eigenvalue weighted by atomic mass is 16.5. The minimum Gasteiger partial charge on any atom is -0.501 e. The van der Waals surface area contributed by atoms with Gasteiger partial charge in [0.25, 0.3) is 0 Å². The SMILES string of the molecule is CCCCCC(O)C=C[C@H]1CC=C(OC)[C@@H]1CC=CCCCC(=O)O. The van der Waals surface area contributed by atoms with E-state index in [4.69, 9.17) is 9.84 Å². The fourth-order valence-electron chi connectivity index (χ4n) is 3.22. The Morgan fingerprint density at radius 1 is 1.36 bits per heavy atom. The fourth-order valence-corrected chi connectivity index (χ4v) is 3.22. The summed E-state index contributed by atoms with van der Waals surface area (Å²) in [6.45, 7) is 2.17.